The van der Waals surface area contributed by atoms with Crippen LogP contribution in [0.4, 0.5) is 0 Å². The molecule has 2 aromatic rings. The van der Waals surface area contributed by atoms with E-state index in [-0.39, 0.29) is 0 Å². The third kappa shape index (κ3) is 1.39. The van der Waals surface area contributed by atoms with E-state index in [1.807, 2.05) is 24.3 Å². The first kappa shape index (κ1) is 9.44. The van der Waals surface area contributed by atoms with Crippen LogP contribution in [0.15, 0.2) is 24.3 Å². The van der Waals surface area contributed by atoms with Crippen molar-refractivity contribution in [2.45, 2.75) is 19.1 Å². The summed E-state index contributed by atoms with van der Waals surface area (Å²) in [6, 6.07) is 8.00. The zero-order chi connectivity index (χ0) is 11.0. The quantitative estimate of drug-likeness (QED) is 0.710. The maximum absolute atomic E-state index is 5.48. The summed E-state index contributed by atoms with van der Waals surface area (Å²) in [4.78, 5) is 4.41. The van der Waals surface area contributed by atoms with Crippen LogP contribution in [0, 0.1) is 12.3 Å². The summed E-state index contributed by atoms with van der Waals surface area (Å²) < 4.78 is 7.50. The maximum atomic E-state index is 5.48. The molecule has 16 heavy (non-hydrogen) atoms. The van der Waals surface area contributed by atoms with Gasteiger partial charge in [-0.05, 0) is 24.5 Å². The Morgan fingerprint density at radius 3 is 3.00 bits per heavy atom. The molecule has 1 unspecified atom stereocenters. The van der Waals surface area contributed by atoms with Crippen molar-refractivity contribution in [3.63, 3.8) is 0 Å². The number of ether oxygens (including phenoxy) is 1. The fourth-order valence-electron chi connectivity index (χ4n) is 2.00. The third-order valence-electron chi connectivity index (χ3n) is 2.96. The van der Waals surface area contributed by atoms with Gasteiger partial charge in [-0.1, -0.05) is 12.1 Å². The van der Waals surface area contributed by atoms with Crippen molar-refractivity contribution in [1.29, 1.82) is 0 Å². The van der Waals surface area contributed by atoms with Gasteiger partial charge in [-0.2, -0.15) is 0 Å². The SMILES string of the molecule is C#Cc1nc2ccccc2n1CC1CCO1. The van der Waals surface area contributed by atoms with Gasteiger partial charge in [-0.15, -0.1) is 6.42 Å². The minimum atomic E-state index is 0.296. The van der Waals surface area contributed by atoms with Crippen molar-refractivity contribution in [3.05, 3.63) is 30.1 Å². The molecule has 0 amide bonds. The minimum Gasteiger partial charge on any atom is -0.376 e. The van der Waals surface area contributed by atoms with Gasteiger partial charge >= 0.3 is 0 Å². The zero-order valence-electron chi connectivity index (χ0n) is 8.89. The first-order valence-electron chi connectivity index (χ1n) is 5.42. The van der Waals surface area contributed by atoms with Crippen LogP contribution in [-0.2, 0) is 11.3 Å². The average molecular weight is 212 g/mol. The highest BCUT2D eigenvalue weighted by Crippen LogP contribution is 2.20. The highest BCUT2D eigenvalue weighted by molar-refractivity contribution is 5.76. The van der Waals surface area contributed by atoms with Gasteiger partial charge < -0.3 is 9.30 Å². The zero-order valence-corrected chi connectivity index (χ0v) is 8.89. The van der Waals surface area contributed by atoms with E-state index in [2.05, 4.69) is 15.5 Å². The molecule has 0 aliphatic carbocycles. The van der Waals surface area contributed by atoms with E-state index in [1.165, 1.54) is 0 Å². The molecule has 0 saturated carbocycles. The molecule has 0 N–H and O–H groups in total. The predicted octanol–water partition coefficient (Wildman–Crippen LogP) is 1.81. The lowest BCUT2D eigenvalue weighted by atomic mass is 10.2. The van der Waals surface area contributed by atoms with E-state index >= 15 is 0 Å². The maximum Gasteiger partial charge on any atom is 0.186 e. The largest absolute Gasteiger partial charge is 0.376 e. The number of fused-ring (bicyclic) bond motifs is 1. The molecule has 0 bridgehead atoms. The summed E-state index contributed by atoms with van der Waals surface area (Å²) in [7, 11) is 0. The average Bonchev–Trinajstić information content (AvgIpc) is 2.61. The van der Waals surface area contributed by atoms with Crippen LogP contribution in [0.25, 0.3) is 11.0 Å². The fraction of sp³-hybridized carbons (Fsp3) is 0.308. The minimum absolute atomic E-state index is 0.296. The topological polar surface area (TPSA) is 27.1 Å². The van der Waals surface area contributed by atoms with E-state index in [4.69, 9.17) is 11.2 Å². The molecule has 3 rings (SSSR count). The Morgan fingerprint density at radius 1 is 1.50 bits per heavy atom. The summed E-state index contributed by atoms with van der Waals surface area (Å²) in [5.41, 5.74) is 2.04. The third-order valence-corrected chi connectivity index (χ3v) is 2.96. The highest BCUT2D eigenvalue weighted by Gasteiger charge is 2.20. The Balaban J connectivity index is 2.08. The summed E-state index contributed by atoms with van der Waals surface area (Å²) in [6.07, 6.45) is 6.88. The first-order chi connectivity index (χ1) is 7.88. The highest BCUT2D eigenvalue weighted by atomic mass is 16.5. The van der Waals surface area contributed by atoms with Crippen LogP contribution in [0.1, 0.15) is 12.2 Å². The number of nitrogens with zero attached hydrogens (tertiary/aromatic N) is 2. The van der Waals surface area contributed by atoms with Crippen molar-refractivity contribution in [1.82, 2.24) is 9.55 Å². The number of terminal acetylenes is 1. The van der Waals surface area contributed by atoms with Crippen LogP contribution in [0.2, 0.25) is 0 Å². The summed E-state index contributed by atoms with van der Waals surface area (Å²) in [5, 5.41) is 0. The number of rotatable bonds is 2. The standard InChI is InChI=1S/C13H12N2O/c1-2-13-14-11-5-3-4-6-12(11)15(13)9-10-7-8-16-10/h1,3-6,10H,7-9H2. The van der Waals surface area contributed by atoms with Gasteiger partial charge in [0.05, 0.1) is 23.7 Å². The molecular formula is C13H12N2O. The number of benzene rings is 1. The number of para-hydroxylation sites is 2. The van der Waals surface area contributed by atoms with Crippen molar-refractivity contribution < 1.29 is 4.74 Å². The Kier molecular flexibility index (Phi) is 2.16. The second-order valence-corrected chi connectivity index (χ2v) is 3.96. The first-order valence-corrected chi connectivity index (χ1v) is 5.42. The van der Waals surface area contributed by atoms with Crippen LogP contribution < -0.4 is 0 Å². The molecule has 1 aromatic heterocycles. The lowest BCUT2D eigenvalue weighted by Gasteiger charge is -2.27. The van der Waals surface area contributed by atoms with E-state index < -0.39 is 0 Å². The molecule has 1 aromatic carbocycles. The van der Waals surface area contributed by atoms with E-state index in [0.29, 0.717) is 11.9 Å². The Morgan fingerprint density at radius 2 is 2.31 bits per heavy atom. The van der Waals surface area contributed by atoms with Gasteiger partial charge in [0, 0.05) is 6.61 Å². The number of imidazole rings is 1. The van der Waals surface area contributed by atoms with Crippen molar-refractivity contribution in [2.24, 2.45) is 0 Å². The molecule has 1 atom stereocenters. The van der Waals surface area contributed by atoms with Gasteiger partial charge in [0.15, 0.2) is 5.82 Å². The van der Waals surface area contributed by atoms with Crippen LogP contribution in [0.5, 0.6) is 0 Å². The van der Waals surface area contributed by atoms with Crippen molar-refractivity contribution in [3.8, 4) is 12.3 Å². The molecule has 1 aliphatic heterocycles. The number of aromatic nitrogens is 2. The van der Waals surface area contributed by atoms with Crippen LogP contribution in [0.3, 0.4) is 0 Å². The summed E-state index contributed by atoms with van der Waals surface area (Å²) in [6.45, 7) is 1.67. The van der Waals surface area contributed by atoms with Gasteiger partial charge in [0.25, 0.3) is 0 Å². The summed E-state index contributed by atoms with van der Waals surface area (Å²) in [5.74, 6) is 3.33. The summed E-state index contributed by atoms with van der Waals surface area (Å²) >= 11 is 0. The molecule has 0 radical (unpaired) electrons. The molecule has 3 nitrogen and oxygen atoms in total. The Bertz CT molecular complexity index is 561. The predicted molar refractivity (Wildman–Crippen MR) is 62.0 cm³/mol. The smallest absolute Gasteiger partial charge is 0.186 e. The Hall–Kier alpha value is -1.79. The monoisotopic (exact) mass is 212 g/mol. The molecule has 80 valence electrons. The van der Waals surface area contributed by atoms with E-state index in [9.17, 15) is 0 Å². The van der Waals surface area contributed by atoms with Gasteiger partial charge in [-0.3, -0.25) is 0 Å². The van der Waals surface area contributed by atoms with Crippen LogP contribution in [-0.4, -0.2) is 22.3 Å². The Labute approximate surface area is 94.0 Å². The molecule has 0 spiro atoms. The fourth-order valence-corrected chi connectivity index (χ4v) is 2.00. The molecule has 1 saturated heterocycles. The normalized spacial score (nSPS) is 19.3. The number of hydrogen-bond acceptors (Lipinski definition) is 2. The van der Waals surface area contributed by atoms with Gasteiger partial charge in [-0.25, -0.2) is 4.98 Å². The van der Waals surface area contributed by atoms with Gasteiger partial charge in [0.2, 0.25) is 0 Å². The molecule has 1 aliphatic rings. The molecule has 3 heteroatoms. The lowest BCUT2D eigenvalue weighted by molar-refractivity contribution is -0.0587. The van der Waals surface area contributed by atoms with E-state index in [0.717, 1.165) is 30.6 Å². The van der Waals surface area contributed by atoms with Crippen molar-refractivity contribution >= 4 is 11.0 Å². The van der Waals surface area contributed by atoms with Gasteiger partial charge in [0.1, 0.15) is 0 Å². The second kappa shape index (κ2) is 3.66. The molecule has 1 fully saturated rings. The molecule has 2 heterocycles. The second-order valence-electron chi connectivity index (χ2n) is 3.96. The number of hydrogen-bond donors (Lipinski definition) is 0. The van der Waals surface area contributed by atoms with Crippen LogP contribution >= 0.6 is 0 Å². The lowest BCUT2D eigenvalue weighted by Crippen LogP contribution is -2.31. The molecular weight excluding hydrogens is 200 g/mol. The van der Waals surface area contributed by atoms with Crippen molar-refractivity contribution in [2.75, 3.05) is 6.61 Å². The van der Waals surface area contributed by atoms with E-state index in [1.54, 1.807) is 0 Å².